The highest BCUT2D eigenvalue weighted by molar-refractivity contribution is 7.89. The maximum atomic E-state index is 12.2. The van der Waals surface area contributed by atoms with E-state index in [1.807, 2.05) is 12.1 Å². The van der Waals surface area contributed by atoms with Gasteiger partial charge in [-0.05, 0) is 42.5 Å². The lowest BCUT2D eigenvalue weighted by atomic mass is 9.91. The zero-order valence-electron chi connectivity index (χ0n) is 13.6. The lowest BCUT2D eigenvalue weighted by Crippen LogP contribution is -2.33. The van der Waals surface area contributed by atoms with Crippen molar-refractivity contribution in [3.63, 3.8) is 0 Å². The van der Waals surface area contributed by atoms with Crippen LogP contribution in [0.25, 0.3) is 0 Å². The Morgan fingerprint density at radius 3 is 2.24 bits per heavy atom. The van der Waals surface area contributed by atoms with Gasteiger partial charge in [-0.15, -0.1) is 0 Å². The normalized spacial score (nSPS) is 12.6. The van der Waals surface area contributed by atoms with Gasteiger partial charge in [0.25, 0.3) is 0 Å². The van der Waals surface area contributed by atoms with Crippen LogP contribution in [-0.2, 0) is 16.6 Å². The van der Waals surface area contributed by atoms with Gasteiger partial charge in [-0.2, -0.15) is 0 Å². The summed E-state index contributed by atoms with van der Waals surface area (Å²) in [5.41, 5.74) is 1.06. The summed E-state index contributed by atoms with van der Waals surface area (Å²) >= 11 is 0. The van der Waals surface area contributed by atoms with Crippen molar-refractivity contribution in [3.05, 3.63) is 29.8 Å². The largest absolute Gasteiger partial charge is 0.313 e. The predicted molar refractivity (Wildman–Crippen MR) is 87.7 cm³/mol. The number of benzene rings is 1. The van der Waals surface area contributed by atoms with Crippen LogP contribution >= 0.6 is 0 Å². The summed E-state index contributed by atoms with van der Waals surface area (Å²) in [5, 5.41) is 3.30. The SMILES string of the molecule is CCCNCc1ccc(S(=O)(=O)NCC(C)(C)CC)cc1. The second-order valence-electron chi connectivity index (χ2n) is 6.16. The molecule has 0 bridgehead atoms. The molecular weight excluding hydrogens is 284 g/mol. The summed E-state index contributed by atoms with van der Waals surface area (Å²) in [6, 6.07) is 7.07. The number of rotatable bonds is 9. The minimum Gasteiger partial charge on any atom is -0.313 e. The molecule has 0 aromatic heterocycles. The van der Waals surface area contributed by atoms with Crippen LogP contribution in [0, 0.1) is 5.41 Å². The van der Waals surface area contributed by atoms with E-state index in [1.54, 1.807) is 12.1 Å². The molecule has 0 radical (unpaired) electrons. The van der Waals surface area contributed by atoms with Crippen molar-refractivity contribution in [3.8, 4) is 0 Å². The Hall–Kier alpha value is -0.910. The molecule has 0 amide bonds. The number of hydrogen-bond donors (Lipinski definition) is 2. The average Bonchev–Trinajstić information content (AvgIpc) is 2.46. The summed E-state index contributed by atoms with van der Waals surface area (Å²) in [4.78, 5) is 0.327. The Balaban J connectivity index is 2.67. The van der Waals surface area contributed by atoms with Gasteiger partial charge in [0.1, 0.15) is 0 Å². The Kier molecular flexibility index (Phi) is 6.84. The first-order valence-corrected chi connectivity index (χ1v) is 9.08. The second kappa shape index (κ2) is 7.92. The van der Waals surface area contributed by atoms with E-state index in [4.69, 9.17) is 0 Å². The maximum absolute atomic E-state index is 12.2. The highest BCUT2D eigenvalue weighted by Gasteiger charge is 2.20. The topological polar surface area (TPSA) is 58.2 Å². The molecule has 0 aliphatic heterocycles. The fourth-order valence-corrected chi connectivity index (χ4v) is 2.94. The summed E-state index contributed by atoms with van der Waals surface area (Å²) in [5.74, 6) is 0. The van der Waals surface area contributed by atoms with Gasteiger partial charge in [-0.25, -0.2) is 13.1 Å². The van der Waals surface area contributed by atoms with Crippen molar-refractivity contribution in [1.29, 1.82) is 0 Å². The van der Waals surface area contributed by atoms with Crippen molar-refractivity contribution in [1.82, 2.24) is 10.0 Å². The van der Waals surface area contributed by atoms with Gasteiger partial charge < -0.3 is 5.32 Å². The van der Waals surface area contributed by atoms with E-state index in [0.717, 1.165) is 31.5 Å². The third-order valence-corrected chi connectivity index (χ3v) is 5.10. The molecule has 1 rings (SSSR count). The first-order valence-electron chi connectivity index (χ1n) is 7.60. The van der Waals surface area contributed by atoms with E-state index >= 15 is 0 Å². The zero-order chi connectivity index (χ0) is 15.9. The van der Waals surface area contributed by atoms with Crippen molar-refractivity contribution < 1.29 is 8.42 Å². The number of nitrogens with one attached hydrogen (secondary N) is 2. The highest BCUT2D eigenvalue weighted by atomic mass is 32.2. The Bertz CT molecular complexity index is 522. The molecule has 120 valence electrons. The van der Waals surface area contributed by atoms with Crippen molar-refractivity contribution >= 4 is 10.0 Å². The monoisotopic (exact) mass is 312 g/mol. The summed E-state index contributed by atoms with van der Waals surface area (Å²) in [6.07, 6.45) is 2.02. The van der Waals surface area contributed by atoms with Crippen LogP contribution < -0.4 is 10.0 Å². The number of hydrogen-bond acceptors (Lipinski definition) is 3. The molecular formula is C16H28N2O2S. The quantitative estimate of drug-likeness (QED) is 0.689. The van der Waals surface area contributed by atoms with Gasteiger partial charge >= 0.3 is 0 Å². The smallest absolute Gasteiger partial charge is 0.240 e. The third-order valence-electron chi connectivity index (χ3n) is 3.69. The van der Waals surface area contributed by atoms with Crippen LogP contribution in [0.3, 0.4) is 0 Å². The van der Waals surface area contributed by atoms with Gasteiger partial charge in [0, 0.05) is 13.1 Å². The summed E-state index contributed by atoms with van der Waals surface area (Å²) in [7, 11) is -3.42. The van der Waals surface area contributed by atoms with Gasteiger partial charge in [0.2, 0.25) is 10.0 Å². The van der Waals surface area contributed by atoms with E-state index in [-0.39, 0.29) is 5.41 Å². The van der Waals surface area contributed by atoms with Gasteiger partial charge in [-0.3, -0.25) is 0 Å². The molecule has 0 unspecified atom stereocenters. The molecule has 21 heavy (non-hydrogen) atoms. The van der Waals surface area contributed by atoms with Crippen LogP contribution in [0.15, 0.2) is 29.2 Å². The lowest BCUT2D eigenvalue weighted by molar-refractivity contribution is 0.350. The molecule has 5 heteroatoms. The van der Waals surface area contributed by atoms with Crippen LogP contribution in [0.1, 0.15) is 46.1 Å². The molecule has 0 atom stereocenters. The fourth-order valence-electron chi connectivity index (χ4n) is 1.69. The van der Waals surface area contributed by atoms with Crippen molar-refractivity contribution in [2.45, 2.75) is 52.0 Å². The first-order chi connectivity index (χ1) is 9.80. The molecule has 0 saturated heterocycles. The van der Waals surface area contributed by atoms with Crippen molar-refractivity contribution in [2.24, 2.45) is 5.41 Å². The zero-order valence-corrected chi connectivity index (χ0v) is 14.4. The van der Waals surface area contributed by atoms with Crippen LogP contribution in [-0.4, -0.2) is 21.5 Å². The molecule has 4 nitrogen and oxygen atoms in total. The molecule has 0 aliphatic rings. The molecule has 0 saturated carbocycles. The predicted octanol–water partition coefficient (Wildman–Crippen LogP) is 2.90. The Labute approximate surface area is 129 Å². The van der Waals surface area contributed by atoms with Crippen molar-refractivity contribution in [2.75, 3.05) is 13.1 Å². The molecule has 1 aromatic rings. The average molecular weight is 312 g/mol. The maximum Gasteiger partial charge on any atom is 0.240 e. The molecule has 0 heterocycles. The molecule has 0 spiro atoms. The van der Waals surface area contributed by atoms with Crippen LogP contribution in [0.2, 0.25) is 0 Å². The van der Waals surface area contributed by atoms with E-state index in [1.165, 1.54) is 0 Å². The van der Waals surface area contributed by atoms with Gasteiger partial charge in [0.05, 0.1) is 4.90 Å². The molecule has 1 aromatic carbocycles. The fraction of sp³-hybridized carbons (Fsp3) is 0.625. The molecule has 0 fully saturated rings. The third kappa shape index (κ3) is 6.16. The minimum absolute atomic E-state index is 0.0307. The second-order valence-corrected chi connectivity index (χ2v) is 7.93. The first kappa shape index (κ1) is 18.1. The van der Waals surface area contributed by atoms with Crippen LogP contribution in [0.5, 0.6) is 0 Å². The Morgan fingerprint density at radius 1 is 1.10 bits per heavy atom. The lowest BCUT2D eigenvalue weighted by Gasteiger charge is -2.22. The number of sulfonamides is 1. The highest BCUT2D eigenvalue weighted by Crippen LogP contribution is 2.19. The van der Waals surface area contributed by atoms with E-state index in [2.05, 4.69) is 37.7 Å². The summed E-state index contributed by atoms with van der Waals surface area (Å²) < 4.78 is 27.2. The molecule has 2 N–H and O–H groups in total. The van der Waals surface area contributed by atoms with E-state index < -0.39 is 10.0 Å². The summed E-state index contributed by atoms with van der Waals surface area (Å²) in [6.45, 7) is 10.5. The van der Waals surface area contributed by atoms with E-state index in [0.29, 0.717) is 11.4 Å². The molecule has 0 aliphatic carbocycles. The van der Waals surface area contributed by atoms with Gasteiger partial charge in [-0.1, -0.05) is 39.8 Å². The Morgan fingerprint density at radius 2 is 1.71 bits per heavy atom. The van der Waals surface area contributed by atoms with Gasteiger partial charge in [0.15, 0.2) is 0 Å². The minimum atomic E-state index is -3.42. The van der Waals surface area contributed by atoms with E-state index in [9.17, 15) is 8.42 Å². The van der Waals surface area contributed by atoms with Crippen LogP contribution in [0.4, 0.5) is 0 Å². The standard InChI is InChI=1S/C16H28N2O2S/c1-5-11-17-12-14-7-9-15(10-8-14)21(19,20)18-13-16(3,4)6-2/h7-10,17-18H,5-6,11-13H2,1-4H3.